The molecule has 2 N–H and O–H groups in total. The minimum atomic E-state index is -0.499. The SMILES string of the molecule is Nc1cccc(OC(=O)C(Br)Br)c1. The molecular weight excluding hydrogens is 302 g/mol. The van der Waals surface area contributed by atoms with Gasteiger partial charge in [0.1, 0.15) is 5.75 Å². The highest BCUT2D eigenvalue weighted by Gasteiger charge is 2.12. The molecule has 1 rings (SSSR count). The Labute approximate surface area is 92.5 Å². The zero-order valence-corrected chi connectivity index (χ0v) is 9.71. The predicted octanol–water partition coefficient (Wildman–Crippen LogP) is 2.29. The third-order valence-electron chi connectivity index (χ3n) is 1.25. The zero-order chi connectivity index (χ0) is 9.84. The second kappa shape index (κ2) is 4.62. The van der Waals surface area contributed by atoms with Crippen LogP contribution in [0.2, 0.25) is 0 Å². The summed E-state index contributed by atoms with van der Waals surface area (Å²) in [6.07, 6.45) is 0. The van der Waals surface area contributed by atoms with E-state index in [0.717, 1.165) is 0 Å². The van der Waals surface area contributed by atoms with E-state index in [9.17, 15) is 4.79 Å². The number of anilines is 1. The molecule has 0 amide bonds. The lowest BCUT2D eigenvalue weighted by Gasteiger charge is -2.04. The van der Waals surface area contributed by atoms with Crippen molar-refractivity contribution >= 4 is 43.5 Å². The van der Waals surface area contributed by atoms with E-state index in [0.29, 0.717) is 11.4 Å². The van der Waals surface area contributed by atoms with Crippen LogP contribution in [0.15, 0.2) is 24.3 Å². The number of rotatable bonds is 2. The van der Waals surface area contributed by atoms with E-state index in [2.05, 4.69) is 31.9 Å². The zero-order valence-electron chi connectivity index (χ0n) is 6.54. The van der Waals surface area contributed by atoms with Crippen LogP contribution in [0.5, 0.6) is 5.75 Å². The van der Waals surface area contributed by atoms with Crippen LogP contribution in [-0.2, 0) is 4.79 Å². The van der Waals surface area contributed by atoms with Gasteiger partial charge in [-0.3, -0.25) is 0 Å². The summed E-state index contributed by atoms with van der Waals surface area (Å²) in [6.45, 7) is 0. The fraction of sp³-hybridized carbons (Fsp3) is 0.125. The summed E-state index contributed by atoms with van der Waals surface area (Å²) in [5.74, 6) is 0.0273. The van der Waals surface area contributed by atoms with Gasteiger partial charge >= 0.3 is 5.97 Å². The van der Waals surface area contributed by atoms with Crippen LogP contribution in [0.3, 0.4) is 0 Å². The quantitative estimate of drug-likeness (QED) is 0.395. The van der Waals surface area contributed by atoms with E-state index < -0.39 is 9.71 Å². The van der Waals surface area contributed by atoms with Crippen molar-refractivity contribution in [3.05, 3.63) is 24.3 Å². The number of nitrogens with two attached hydrogens (primary N) is 1. The Balaban J connectivity index is 2.69. The van der Waals surface area contributed by atoms with Gasteiger partial charge in [-0.15, -0.1) is 0 Å². The fourth-order valence-corrected chi connectivity index (χ4v) is 0.926. The molecule has 0 aromatic heterocycles. The van der Waals surface area contributed by atoms with Gasteiger partial charge in [-0.05, 0) is 12.1 Å². The van der Waals surface area contributed by atoms with Crippen molar-refractivity contribution < 1.29 is 9.53 Å². The Morgan fingerprint density at radius 3 is 2.69 bits per heavy atom. The average molecular weight is 309 g/mol. The molecule has 0 saturated heterocycles. The molecule has 0 bridgehead atoms. The van der Waals surface area contributed by atoms with E-state index >= 15 is 0 Å². The first-order valence-electron chi connectivity index (χ1n) is 3.45. The minimum absolute atomic E-state index is 0.411. The first kappa shape index (κ1) is 10.5. The van der Waals surface area contributed by atoms with Gasteiger partial charge in [0.2, 0.25) is 0 Å². The minimum Gasteiger partial charge on any atom is -0.425 e. The summed E-state index contributed by atoms with van der Waals surface area (Å²) in [5.41, 5.74) is 6.06. The Morgan fingerprint density at radius 2 is 2.15 bits per heavy atom. The number of esters is 1. The monoisotopic (exact) mass is 307 g/mol. The molecule has 0 atom stereocenters. The van der Waals surface area contributed by atoms with Crippen LogP contribution in [0.1, 0.15) is 0 Å². The molecule has 0 heterocycles. The van der Waals surface area contributed by atoms with Crippen molar-refractivity contribution in [1.82, 2.24) is 0 Å². The van der Waals surface area contributed by atoms with Gasteiger partial charge in [0.15, 0.2) is 3.74 Å². The van der Waals surface area contributed by atoms with Gasteiger partial charge in [0.05, 0.1) is 0 Å². The standard InChI is InChI=1S/C8H7Br2NO2/c9-7(10)8(12)13-6-3-1-2-5(11)4-6/h1-4,7H,11H2. The van der Waals surface area contributed by atoms with Gasteiger partial charge in [-0.1, -0.05) is 37.9 Å². The highest BCUT2D eigenvalue weighted by molar-refractivity contribution is 9.25. The third-order valence-corrected chi connectivity index (χ3v) is 2.00. The van der Waals surface area contributed by atoms with E-state index in [-0.39, 0.29) is 0 Å². The van der Waals surface area contributed by atoms with Crippen molar-refractivity contribution in [1.29, 1.82) is 0 Å². The summed E-state index contributed by atoms with van der Waals surface area (Å²) < 4.78 is 4.45. The summed E-state index contributed by atoms with van der Waals surface area (Å²) in [4.78, 5) is 11.1. The Hall–Kier alpha value is -0.550. The van der Waals surface area contributed by atoms with Crippen LogP contribution >= 0.6 is 31.9 Å². The highest BCUT2D eigenvalue weighted by atomic mass is 79.9. The summed E-state index contributed by atoms with van der Waals surface area (Å²) in [5, 5.41) is 0. The van der Waals surface area contributed by atoms with E-state index in [4.69, 9.17) is 10.5 Å². The summed E-state index contributed by atoms with van der Waals surface area (Å²) in [6, 6.07) is 6.68. The number of ether oxygens (including phenoxy) is 1. The lowest BCUT2D eigenvalue weighted by molar-refractivity contribution is -0.131. The van der Waals surface area contributed by atoms with E-state index in [1.807, 2.05) is 0 Å². The lowest BCUT2D eigenvalue weighted by atomic mass is 10.3. The highest BCUT2D eigenvalue weighted by Crippen LogP contribution is 2.17. The molecule has 0 spiro atoms. The Morgan fingerprint density at radius 1 is 1.46 bits per heavy atom. The first-order chi connectivity index (χ1) is 6.09. The number of hydrogen-bond acceptors (Lipinski definition) is 3. The number of carbonyl (C=O) groups is 1. The predicted molar refractivity (Wildman–Crippen MR) is 58.1 cm³/mol. The molecule has 0 aliphatic carbocycles. The molecule has 1 aromatic rings. The van der Waals surface area contributed by atoms with Crippen LogP contribution in [0.4, 0.5) is 5.69 Å². The summed E-state index contributed by atoms with van der Waals surface area (Å²) >= 11 is 6.05. The fourth-order valence-electron chi connectivity index (χ4n) is 0.739. The lowest BCUT2D eigenvalue weighted by Crippen LogP contribution is -2.14. The van der Waals surface area contributed by atoms with Crippen molar-refractivity contribution in [2.75, 3.05) is 5.73 Å². The second-order valence-electron chi connectivity index (χ2n) is 2.29. The number of halogens is 2. The molecule has 0 radical (unpaired) electrons. The van der Waals surface area contributed by atoms with Gasteiger partial charge in [-0.2, -0.15) is 0 Å². The number of benzene rings is 1. The molecule has 0 aliphatic rings. The number of hydrogen-bond donors (Lipinski definition) is 1. The number of nitrogen functional groups attached to an aromatic ring is 1. The van der Waals surface area contributed by atoms with Crippen molar-refractivity contribution in [3.63, 3.8) is 0 Å². The van der Waals surface area contributed by atoms with Gasteiger partial charge in [0.25, 0.3) is 0 Å². The van der Waals surface area contributed by atoms with Gasteiger partial charge in [-0.25, -0.2) is 4.79 Å². The van der Waals surface area contributed by atoms with Crippen LogP contribution in [-0.4, -0.2) is 9.71 Å². The van der Waals surface area contributed by atoms with Crippen molar-refractivity contribution in [2.24, 2.45) is 0 Å². The van der Waals surface area contributed by atoms with Gasteiger partial charge in [0, 0.05) is 11.8 Å². The molecule has 1 aromatic carbocycles. The molecule has 0 aliphatic heterocycles. The smallest absolute Gasteiger partial charge is 0.336 e. The second-order valence-corrected chi connectivity index (χ2v) is 5.35. The normalized spacial score (nSPS) is 10.1. The molecule has 5 heteroatoms. The molecule has 70 valence electrons. The topological polar surface area (TPSA) is 52.3 Å². The molecule has 3 nitrogen and oxygen atoms in total. The van der Waals surface area contributed by atoms with Crippen LogP contribution < -0.4 is 10.5 Å². The van der Waals surface area contributed by atoms with Gasteiger partial charge < -0.3 is 10.5 Å². The average Bonchev–Trinajstić information content (AvgIpc) is 2.04. The largest absolute Gasteiger partial charge is 0.425 e. The van der Waals surface area contributed by atoms with Crippen LogP contribution in [0, 0.1) is 0 Å². The molecular formula is C8H7Br2NO2. The number of alkyl halides is 2. The van der Waals surface area contributed by atoms with E-state index in [1.54, 1.807) is 24.3 Å². The first-order valence-corrected chi connectivity index (χ1v) is 5.28. The Bertz CT molecular complexity index is 315. The van der Waals surface area contributed by atoms with Crippen molar-refractivity contribution in [3.8, 4) is 5.75 Å². The van der Waals surface area contributed by atoms with Crippen LogP contribution in [0.25, 0.3) is 0 Å². The molecule has 0 unspecified atom stereocenters. The van der Waals surface area contributed by atoms with E-state index in [1.165, 1.54) is 0 Å². The molecule has 13 heavy (non-hydrogen) atoms. The maximum Gasteiger partial charge on any atom is 0.336 e. The molecule has 0 saturated carbocycles. The maximum atomic E-state index is 11.1. The van der Waals surface area contributed by atoms with Crippen molar-refractivity contribution in [2.45, 2.75) is 3.74 Å². The molecule has 0 fully saturated rings. The summed E-state index contributed by atoms with van der Waals surface area (Å²) in [7, 11) is 0. The number of carbonyl (C=O) groups excluding carboxylic acids is 1. The third kappa shape index (κ3) is 3.36. The Kier molecular flexibility index (Phi) is 3.74. The maximum absolute atomic E-state index is 11.1.